The summed E-state index contributed by atoms with van der Waals surface area (Å²) in [5.74, 6) is 0.161. The lowest BCUT2D eigenvalue weighted by Gasteiger charge is -2.07. The van der Waals surface area contributed by atoms with Gasteiger partial charge in [-0.15, -0.1) is 0 Å². The molecule has 1 aromatic carbocycles. The first-order valence-corrected chi connectivity index (χ1v) is 5.54. The van der Waals surface area contributed by atoms with Gasteiger partial charge in [-0.1, -0.05) is 12.2 Å². The van der Waals surface area contributed by atoms with Crippen molar-refractivity contribution in [1.29, 1.82) is 0 Å². The molecule has 0 fully saturated rings. The number of rotatable bonds is 3. The van der Waals surface area contributed by atoms with E-state index in [0.29, 0.717) is 17.0 Å². The summed E-state index contributed by atoms with van der Waals surface area (Å²) >= 11 is 4.81. The first-order valence-electron chi connectivity index (χ1n) is 5.13. The van der Waals surface area contributed by atoms with E-state index in [1.807, 2.05) is 0 Å². The zero-order valence-electron chi connectivity index (χ0n) is 9.55. The predicted molar refractivity (Wildman–Crippen MR) is 69.1 cm³/mol. The first kappa shape index (κ1) is 12.4. The molecule has 0 radical (unpaired) electrons. The van der Waals surface area contributed by atoms with Crippen LogP contribution in [0.25, 0.3) is 0 Å². The Morgan fingerprint density at radius 1 is 1.39 bits per heavy atom. The minimum Gasteiger partial charge on any atom is -0.424 e. The number of aryl methyl sites for hydroxylation is 1. The molecule has 0 amide bonds. The number of nitrogens with two attached hydrogens (primary N) is 1. The van der Waals surface area contributed by atoms with Crippen molar-refractivity contribution in [2.24, 2.45) is 5.73 Å². The zero-order chi connectivity index (χ0) is 13.1. The minimum atomic E-state index is -0.322. The molecule has 0 aliphatic carbocycles. The molecule has 2 aromatic rings. The summed E-state index contributed by atoms with van der Waals surface area (Å²) in [5, 5.41) is 0. The highest BCUT2D eigenvalue weighted by Gasteiger charge is 2.06. The molecule has 0 spiro atoms. The van der Waals surface area contributed by atoms with Crippen molar-refractivity contribution >= 4 is 17.2 Å². The monoisotopic (exact) mass is 263 g/mol. The summed E-state index contributed by atoms with van der Waals surface area (Å²) in [5.41, 5.74) is 6.54. The molecule has 92 valence electrons. The van der Waals surface area contributed by atoms with Crippen molar-refractivity contribution in [3.63, 3.8) is 0 Å². The van der Waals surface area contributed by atoms with Gasteiger partial charge in [0.05, 0.1) is 0 Å². The van der Waals surface area contributed by atoms with Crippen LogP contribution in [0.3, 0.4) is 0 Å². The van der Waals surface area contributed by atoms with Crippen LogP contribution in [0.5, 0.6) is 11.8 Å². The SMILES string of the molecule is Cc1cc(F)ccc1Oc1nccc(C(N)=S)n1. The van der Waals surface area contributed by atoms with Gasteiger partial charge >= 0.3 is 6.01 Å². The van der Waals surface area contributed by atoms with E-state index in [-0.39, 0.29) is 16.8 Å². The van der Waals surface area contributed by atoms with Crippen molar-refractivity contribution in [2.75, 3.05) is 0 Å². The van der Waals surface area contributed by atoms with E-state index in [9.17, 15) is 4.39 Å². The van der Waals surface area contributed by atoms with E-state index in [2.05, 4.69) is 9.97 Å². The molecule has 1 aromatic heterocycles. The lowest BCUT2D eigenvalue weighted by Crippen LogP contribution is -2.12. The second kappa shape index (κ2) is 5.05. The Labute approximate surface area is 109 Å². The van der Waals surface area contributed by atoms with E-state index in [0.717, 1.165) is 0 Å². The fourth-order valence-electron chi connectivity index (χ4n) is 1.35. The Balaban J connectivity index is 2.28. The van der Waals surface area contributed by atoms with Crippen LogP contribution in [0.2, 0.25) is 0 Å². The quantitative estimate of drug-likeness (QED) is 0.861. The smallest absolute Gasteiger partial charge is 0.322 e. The van der Waals surface area contributed by atoms with Gasteiger partial charge < -0.3 is 10.5 Å². The number of halogens is 1. The van der Waals surface area contributed by atoms with Crippen molar-refractivity contribution in [2.45, 2.75) is 6.92 Å². The maximum atomic E-state index is 12.9. The van der Waals surface area contributed by atoms with Crippen molar-refractivity contribution in [3.05, 3.63) is 47.5 Å². The van der Waals surface area contributed by atoms with Crippen molar-refractivity contribution < 1.29 is 9.13 Å². The van der Waals surface area contributed by atoms with Gasteiger partial charge in [0, 0.05) is 6.20 Å². The summed E-state index contributed by atoms with van der Waals surface area (Å²) < 4.78 is 18.4. The number of benzene rings is 1. The van der Waals surface area contributed by atoms with Gasteiger partial charge in [0.2, 0.25) is 0 Å². The van der Waals surface area contributed by atoms with E-state index >= 15 is 0 Å². The van der Waals surface area contributed by atoms with Gasteiger partial charge in [-0.05, 0) is 36.8 Å². The van der Waals surface area contributed by atoms with Gasteiger partial charge in [0.1, 0.15) is 22.2 Å². The normalized spacial score (nSPS) is 10.1. The Bertz CT molecular complexity index is 604. The average molecular weight is 263 g/mol. The van der Waals surface area contributed by atoms with Gasteiger partial charge in [-0.2, -0.15) is 4.98 Å². The third-order valence-electron chi connectivity index (χ3n) is 2.22. The van der Waals surface area contributed by atoms with Crippen molar-refractivity contribution in [1.82, 2.24) is 9.97 Å². The summed E-state index contributed by atoms with van der Waals surface area (Å²) in [6.07, 6.45) is 1.50. The topological polar surface area (TPSA) is 61.0 Å². The zero-order valence-corrected chi connectivity index (χ0v) is 10.4. The summed E-state index contributed by atoms with van der Waals surface area (Å²) in [6.45, 7) is 1.73. The summed E-state index contributed by atoms with van der Waals surface area (Å²) in [6, 6.07) is 5.90. The third kappa shape index (κ3) is 2.78. The number of thiocarbonyl (C=S) groups is 1. The van der Waals surface area contributed by atoms with Crippen LogP contribution in [0, 0.1) is 12.7 Å². The van der Waals surface area contributed by atoms with Crippen LogP contribution in [0.4, 0.5) is 4.39 Å². The van der Waals surface area contributed by atoms with Crippen LogP contribution in [0.15, 0.2) is 30.5 Å². The Hall–Kier alpha value is -2.08. The maximum absolute atomic E-state index is 12.9. The Morgan fingerprint density at radius 3 is 2.83 bits per heavy atom. The first-order chi connectivity index (χ1) is 8.56. The maximum Gasteiger partial charge on any atom is 0.322 e. The second-order valence-corrected chi connectivity index (χ2v) is 4.04. The standard InChI is InChI=1S/C12H10FN3OS/c1-7-6-8(13)2-3-10(7)17-12-15-5-4-9(16-12)11(14)18/h2-6H,1H3,(H2,14,18). The Kier molecular flexibility index (Phi) is 3.47. The van der Waals surface area contributed by atoms with Gasteiger partial charge in [0.15, 0.2) is 0 Å². The highest BCUT2D eigenvalue weighted by atomic mass is 32.1. The number of aromatic nitrogens is 2. The fourth-order valence-corrected chi connectivity index (χ4v) is 1.47. The molecule has 0 atom stereocenters. The number of ether oxygens (including phenoxy) is 1. The van der Waals surface area contributed by atoms with Crippen molar-refractivity contribution in [3.8, 4) is 11.8 Å². The minimum absolute atomic E-state index is 0.120. The van der Waals surface area contributed by atoms with E-state index < -0.39 is 0 Å². The lowest BCUT2D eigenvalue weighted by molar-refractivity contribution is 0.436. The second-order valence-electron chi connectivity index (χ2n) is 3.60. The molecule has 0 aliphatic heterocycles. The summed E-state index contributed by atoms with van der Waals surface area (Å²) in [7, 11) is 0. The van der Waals surface area contributed by atoms with Crippen LogP contribution < -0.4 is 10.5 Å². The predicted octanol–water partition coefficient (Wildman–Crippen LogP) is 2.35. The third-order valence-corrected chi connectivity index (χ3v) is 2.43. The highest BCUT2D eigenvalue weighted by Crippen LogP contribution is 2.22. The fraction of sp³-hybridized carbons (Fsp3) is 0.0833. The molecular formula is C12H10FN3OS. The average Bonchev–Trinajstić information content (AvgIpc) is 2.33. The molecule has 4 nitrogen and oxygen atoms in total. The molecule has 0 saturated carbocycles. The molecule has 18 heavy (non-hydrogen) atoms. The molecule has 0 saturated heterocycles. The van der Waals surface area contributed by atoms with Crippen LogP contribution in [-0.2, 0) is 0 Å². The highest BCUT2D eigenvalue weighted by molar-refractivity contribution is 7.80. The van der Waals surface area contributed by atoms with Crippen LogP contribution in [0.1, 0.15) is 11.3 Å². The van der Waals surface area contributed by atoms with Gasteiger partial charge in [-0.3, -0.25) is 0 Å². The molecule has 6 heteroatoms. The number of hydrogen-bond acceptors (Lipinski definition) is 4. The molecule has 0 aliphatic rings. The Morgan fingerprint density at radius 2 is 2.17 bits per heavy atom. The van der Waals surface area contributed by atoms with Crippen LogP contribution in [-0.4, -0.2) is 15.0 Å². The summed E-state index contributed by atoms with van der Waals surface area (Å²) in [4.78, 5) is 8.14. The van der Waals surface area contributed by atoms with Gasteiger partial charge in [-0.25, -0.2) is 9.37 Å². The molecule has 0 unspecified atom stereocenters. The van der Waals surface area contributed by atoms with Gasteiger partial charge in [0.25, 0.3) is 0 Å². The number of nitrogens with zero attached hydrogens (tertiary/aromatic N) is 2. The van der Waals surface area contributed by atoms with E-state index in [1.54, 1.807) is 13.0 Å². The number of hydrogen-bond donors (Lipinski definition) is 1. The molecular weight excluding hydrogens is 253 g/mol. The van der Waals surface area contributed by atoms with E-state index in [4.69, 9.17) is 22.7 Å². The largest absolute Gasteiger partial charge is 0.424 e. The molecule has 2 rings (SSSR count). The molecule has 1 heterocycles. The van der Waals surface area contributed by atoms with Crippen LogP contribution >= 0.6 is 12.2 Å². The van der Waals surface area contributed by atoms with E-state index in [1.165, 1.54) is 24.4 Å². The molecule has 2 N–H and O–H groups in total. The molecule has 0 bridgehead atoms. The lowest BCUT2D eigenvalue weighted by atomic mass is 10.2.